The topological polar surface area (TPSA) is 59.4 Å². The van der Waals surface area contributed by atoms with Crippen LogP contribution in [0.4, 0.5) is 0 Å². The lowest BCUT2D eigenvalue weighted by atomic mass is 9.88. The minimum Gasteiger partial charge on any atom is -0.477 e. The first-order valence-electron chi connectivity index (χ1n) is 6.04. The second kappa shape index (κ2) is 5.17. The summed E-state index contributed by atoms with van der Waals surface area (Å²) in [6.45, 7) is 2.17. The predicted molar refractivity (Wildman–Crippen MR) is 63.2 cm³/mol. The molecule has 1 aliphatic rings. The van der Waals surface area contributed by atoms with Crippen molar-refractivity contribution in [1.82, 2.24) is 4.98 Å². The highest BCUT2D eigenvalue weighted by Crippen LogP contribution is 2.27. The molecule has 0 aromatic carbocycles. The van der Waals surface area contributed by atoms with E-state index < -0.39 is 5.97 Å². The quantitative estimate of drug-likeness (QED) is 0.875. The normalized spacial score (nSPS) is 24.3. The van der Waals surface area contributed by atoms with E-state index in [0.29, 0.717) is 11.8 Å². The van der Waals surface area contributed by atoms with Gasteiger partial charge in [-0.15, -0.1) is 0 Å². The van der Waals surface area contributed by atoms with Crippen LogP contribution in [-0.4, -0.2) is 22.2 Å². The first-order valence-corrected chi connectivity index (χ1v) is 6.04. The van der Waals surface area contributed by atoms with E-state index in [-0.39, 0.29) is 11.8 Å². The van der Waals surface area contributed by atoms with Gasteiger partial charge in [0.2, 0.25) is 5.88 Å². The number of rotatable bonds is 3. The fourth-order valence-electron chi connectivity index (χ4n) is 2.21. The van der Waals surface area contributed by atoms with E-state index in [0.717, 1.165) is 6.42 Å². The van der Waals surface area contributed by atoms with Gasteiger partial charge in [-0.3, -0.25) is 0 Å². The van der Waals surface area contributed by atoms with E-state index in [2.05, 4.69) is 11.9 Å². The molecule has 0 saturated heterocycles. The Morgan fingerprint density at radius 2 is 2.18 bits per heavy atom. The lowest BCUT2D eigenvalue weighted by molar-refractivity contribution is 0.0683. The Balaban J connectivity index is 2.07. The predicted octanol–water partition coefficient (Wildman–Crippen LogP) is 2.74. The monoisotopic (exact) mass is 235 g/mol. The lowest BCUT2D eigenvalue weighted by Crippen LogP contribution is -2.28. The van der Waals surface area contributed by atoms with Crippen molar-refractivity contribution in [3.63, 3.8) is 0 Å². The summed E-state index contributed by atoms with van der Waals surface area (Å²) in [6.07, 6.45) is 4.79. The van der Waals surface area contributed by atoms with Gasteiger partial charge in [0.05, 0.1) is 0 Å². The third kappa shape index (κ3) is 2.96. The van der Waals surface area contributed by atoms with Crippen LogP contribution in [0.3, 0.4) is 0 Å². The highest BCUT2D eigenvalue weighted by Gasteiger charge is 2.23. The van der Waals surface area contributed by atoms with Gasteiger partial charge in [-0.2, -0.15) is 0 Å². The second-order valence-corrected chi connectivity index (χ2v) is 4.58. The van der Waals surface area contributed by atoms with Crippen molar-refractivity contribution in [2.75, 3.05) is 0 Å². The minimum absolute atomic E-state index is 0.0333. The molecule has 17 heavy (non-hydrogen) atoms. The summed E-state index contributed by atoms with van der Waals surface area (Å²) in [7, 11) is 0. The van der Waals surface area contributed by atoms with Crippen LogP contribution in [0.1, 0.15) is 43.1 Å². The molecule has 2 unspecified atom stereocenters. The molecule has 0 spiro atoms. The van der Waals surface area contributed by atoms with Gasteiger partial charge in [0, 0.05) is 6.07 Å². The molecule has 1 aromatic rings. The number of hydrogen-bond donors (Lipinski definition) is 1. The maximum absolute atomic E-state index is 10.8. The SMILES string of the molecule is CC1CCCCC1Oc1cccc(C(=O)O)n1. The first-order chi connectivity index (χ1) is 8.16. The number of aromatic carboxylic acids is 1. The van der Waals surface area contributed by atoms with E-state index in [9.17, 15) is 4.79 Å². The Morgan fingerprint density at radius 3 is 2.88 bits per heavy atom. The van der Waals surface area contributed by atoms with Crippen molar-refractivity contribution in [3.05, 3.63) is 23.9 Å². The third-order valence-electron chi connectivity index (χ3n) is 3.25. The molecule has 1 saturated carbocycles. The van der Waals surface area contributed by atoms with E-state index >= 15 is 0 Å². The molecule has 0 amide bonds. The van der Waals surface area contributed by atoms with E-state index in [4.69, 9.17) is 9.84 Å². The van der Waals surface area contributed by atoms with Crippen LogP contribution in [0.5, 0.6) is 5.88 Å². The van der Waals surface area contributed by atoms with E-state index in [1.807, 2.05) is 0 Å². The highest BCUT2D eigenvalue weighted by atomic mass is 16.5. The molecule has 0 aliphatic heterocycles. The molecule has 0 radical (unpaired) electrons. The standard InChI is InChI=1S/C13H17NO3/c1-9-5-2-3-7-11(9)17-12-8-4-6-10(14-12)13(15)16/h4,6,8-9,11H,2-3,5,7H2,1H3,(H,15,16). The summed E-state index contributed by atoms with van der Waals surface area (Å²) < 4.78 is 5.78. The van der Waals surface area contributed by atoms with Crippen molar-refractivity contribution in [2.24, 2.45) is 5.92 Å². The van der Waals surface area contributed by atoms with Gasteiger partial charge >= 0.3 is 5.97 Å². The zero-order chi connectivity index (χ0) is 12.3. The zero-order valence-electron chi connectivity index (χ0n) is 9.93. The van der Waals surface area contributed by atoms with Gasteiger partial charge in [-0.05, 0) is 31.2 Å². The van der Waals surface area contributed by atoms with Gasteiger partial charge in [-0.1, -0.05) is 19.4 Å². The Bertz CT molecular complexity index is 405. The smallest absolute Gasteiger partial charge is 0.354 e. The van der Waals surface area contributed by atoms with Crippen LogP contribution in [-0.2, 0) is 0 Å². The highest BCUT2D eigenvalue weighted by molar-refractivity contribution is 5.85. The van der Waals surface area contributed by atoms with E-state index in [1.54, 1.807) is 12.1 Å². The van der Waals surface area contributed by atoms with Crippen LogP contribution < -0.4 is 4.74 Å². The molecule has 4 heteroatoms. The number of pyridine rings is 1. The van der Waals surface area contributed by atoms with Crippen LogP contribution >= 0.6 is 0 Å². The van der Waals surface area contributed by atoms with Crippen LogP contribution in [0.25, 0.3) is 0 Å². The maximum atomic E-state index is 10.8. The fraction of sp³-hybridized carbons (Fsp3) is 0.538. The van der Waals surface area contributed by atoms with Crippen LogP contribution in [0.2, 0.25) is 0 Å². The van der Waals surface area contributed by atoms with Gasteiger partial charge in [0.25, 0.3) is 0 Å². The molecule has 1 fully saturated rings. The average Bonchev–Trinajstić information content (AvgIpc) is 2.32. The summed E-state index contributed by atoms with van der Waals surface area (Å²) in [5, 5.41) is 8.85. The van der Waals surface area contributed by atoms with Gasteiger partial charge in [0.1, 0.15) is 6.10 Å². The summed E-state index contributed by atoms with van der Waals surface area (Å²) in [6, 6.07) is 4.85. The lowest BCUT2D eigenvalue weighted by Gasteiger charge is -2.28. The summed E-state index contributed by atoms with van der Waals surface area (Å²) >= 11 is 0. The minimum atomic E-state index is -1.02. The molecule has 1 aliphatic carbocycles. The number of carboxylic acids is 1. The Kier molecular flexibility index (Phi) is 3.61. The molecule has 1 heterocycles. The Morgan fingerprint density at radius 1 is 1.41 bits per heavy atom. The van der Waals surface area contributed by atoms with Crippen LogP contribution in [0, 0.1) is 5.92 Å². The molecular formula is C13H17NO3. The summed E-state index contributed by atoms with van der Waals surface area (Å²) in [5.41, 5.74) is 0.0333. The first kappa shape index (κ1) is 11.9. The number of carbonyl (C=O) groups is 1. The Labute approximate surface area is 101 Å². The largest absolute Gasteiger partial charge is 0.477 e. The van der Waals surface area contributed by atoms with E-state index in [1.165, 1.54) is 25.3 Å². The molecule has 1 N–H and O–H groups in total. The van der Waals surface area contributed by atoms with Crippen molar-refractivity contribution in [1.29, 1.82) is 0 Å². The number of aromatic nitrogens is 1. The average molecular weight is 235 g/mol. The maximum Gasteiger partial charge on any atom is 0.354 e. The van der Waals surface area contributed by atoms with Crippen LogP contribution in [0.15, 0.2) is 18.2 Å². The number of ether oxygens (including phenoxy) is 1. The third-order valence-corrected chi connectivity index (χ3v) is 3.25. The molecule has 1 aromatic heterocycles. The van der Waals surface area contributed by atoms with Crippen molar-refractivity contribution < 1.29 is 14.6 Å². The van der Waals surface area contributed by atoms with Gasteiger partial charge < -0.3 is 9.84 Å². The number of nitrogens with zero attached hydrogens (tertiary/aromatic N) is 1. The second-order valence-electron chi connectivity index (χ2n) is 4.58. The summed E-state index contributed by atoms with van der Waals surface area (Å²) in [4.78, 5) is 14.8. The molecule has 2 rings (SSSR count). The number of carboxylic acid groups (broad SMARTS) is 1. The van der Waals surface area contributed by atoms with Crippen molar-refractivity contribution in [2.45, 2.75) is 38.7 Å². The number of hydrogen-bond acceptors (Lipinski definition) is 3. The summed E-state index contributed by atoms with van der Waals surface area (Å²) in [5.74, 6) is -0.0881. The molecule has 92 valence electrons. The zero-order valence-corrected chi connectivity index (χ0v) is 9.93. The molecule has 0 bridgehead atoms. The molecular weight excluding hydrogens is 218 g/mol. The van der Waals surface area contributed by atoms with Gasteiger partial charge in [0.15, 0.2) is 5.69 Å². The van der Waals surface area contributed by atoms with Gasteiger partial charge in [-0.25, -0.2) is 9.78 Å². The molecule has 2 atom stereocenters. The van der Waals surface area contributed by atoms with Crippen molar-refractivity contribution >= 4 is 5.97 Å². The molecule has 4 nitrogen and oxygen atoms in total. The fourth-order valence-corrected chi connectivity index (χ4v) is 2.21. The Hall–Kier alpha value is -1.58. The van der Waals surface area contributed by atoms with Crippen molar-refractivity contribution in [3.8, 4) is 5.88 Å².